The summed E-state index contributed by atoms with van der Waals surface area (Å²) in [5.74, 6) is -0.434. The number of carbonyl (C=O) groups is 2. The number of likely N-dealkylation sites (tertiary alicyclic amines) is 1. The number of hydrogen-bond donors (Lipinski definition) is 2. The molecule has 2 heterocycles. The molecule has 0 aromatic carbocycles. The Labute approximate surface area is 119 Å². The Morgan fingerprint density at radius 2 is 2.20 bits per heavy atom. The zero-order valence-corrected chi connectivity index (χ0v) is 12.4. The molecule has 7 nitrogen and oxygen atoms in total. The minimum atomic E-state index is -3.25. The van der Waals surface area contributed by atoms with E-state index in [1.54, 1.807) is 4.90 Å². The molecule has 2 aliphatic heterocycles. The Kier molecular flexibility index (Phi) is 4.64. The van der Waals surface area contributed by atoms with Gasteiger partial charge in [0.2, 0.25) is 21.8 Å². The topological polar surface area (TPSA) is 95.6 Å². The van der Waals surface area contributed by atoms with Crippen molar-refractivity contribution in [2.24, 2.45) is 5.92 Å². The van der Waals surface area contributed by atoms with E-state index >= 15 is 0 Å². The van der Waals surface area contributed by atoms with Crippen molar-refractivity contribution < 1.29 is 18.0 Å². The lowest BCUT2D eigenvalue weighted by Gasteiger charge is -2.37. The maximum absolute atomic E-state index is 12.4. The van der Waals surface area contributed by atoms with E-state index in [4.69, 9.17) is 0 Å². The van der Waals surface area contributed by atoms with E-state index in [1.165, 1.54) is 0 Å². The van der Waals surface area contributed by atoms with Crippen molar-refractivity contribution in [2.75, 3.05) is 25.9 Å². The minimum absolute atomic E-state index is 0.0386. The van der Waals surface area contributed by atoms with Crippen LogP contribution >= 0.6 is 0 Å². The fraction of sp³-hybridized carbons (Fsp3) is 0.833. The van der Waals surface area contributed by atoms with Crippen LogP contribution in [0.1, 0.15) is 25.7 Å². The second-order valence-electron chi connectivity index (χ2n) is 5.51. The Balaban J connectivity index is 1.99. The minimum Gasteiger partial charge on any atom is -0.355 e. The van der Waals surface area contributed by atoms with Crippen molar-refractivity contribution in [1.29, 1.82) is 0 Å². The highest BCUT2D eigenvalue weighted by Crippen LogP contribution is 2.21. The Morgan fingerprint density at radius 3 is 2.80 bits per heavy atom. The van der Waals surface area contributed by atoms with Gasteiger partial charge in [0, 0.05) is 32.1 Å². The molecule has 2 rings (SSSR count). The van der Waals surface area contributed by atoms with Crippen molar-refractivity contribution in [3.05, 3.63) is 0 Å². The van der Waals surface area contributed by atoms with E-state index in [0.29, 0.717) is 13.1 Å². The van der Waals surface area contributed by atoms with Gasteiger partial charge in [-0.05, 0) is 19.3 Å². The predicted octanol–water partition coefficient (Wildman–Crippen LogP) is -0.947. The Morgan fingerprint density at radius 1 is 1.45 bits per heavy atom. The van der Waals surface area contributed by atoms with Crippen molar-refractivity contribution >= 4 is 21.8 Å². The van der Waals surface area contributed by atoms with Crippen molar-refractivity contribution in [1.82, 2.24) is 14.9 Å². The van der Waals surface area contributed by atoms with Gasteiger partial charge in [0.1, 0.15) is 0 Å². The maximum Gasteiger partial charge on any atom is 0.228 e. The fourth-order valence-corrected chi connectivity index (χ4v) is 3.26. The highest BCUT2D eigenvalue weighted by molar-refractivity contribution is 7.88. The van der Waals surface area contributed by atoms with Crippen LogP contribution < -0.4 is 10.0 Å². The summed E-state index contributed by atoms with van der Waals surface area (Å²) >= 11 is 0. The van der Waals surface area contributed by atoms with Gasteiger partial charge in [-0.1, -0.05) is 0 Å². The van der Waals surface area contributed by atoms with E-state index in [9.17, 15) is 18.0 Å². The quantitative estimate of drug-likeness (QED) is 0.700. The summed E-state index contributed by atoms with van der Waals surface area (Å²) in [5.41, 5.74) is 0. The molecule has 114 valence electrons. The van der Waals surface area contributed by atoms with Crippen molar-refractivity contribution in [2.45, 2.75) is 31.7 Å². The third-order valence-corrected chi connectivity index (χ3v) is 4.51. The van der Waals surface area contributed by atoms with Gasteiger partial charge in [-0.2, -0.15) is 0 Å². The number of nitrogens with zero attached hydrogens (tertiary/aromatic N) is 1. The molecule has 0 saturated carbocycles. The third-order valence-electron chi connectivity index (χ3n) is 3.82. The van der Waals surface area contributed by atoms with E-state index in [1.807, 2.05) is 0 Å². The summed E-state index contributed by atoms with van der Waals surface area (Å²) in [6.07, 6.45) is 4.06. The largest absolute Gasteiger partial charge is 0.355 e. The molecule has 20 heavy (non-hydrogen) atoms. The average Bonchev–Trinajstić information content (AvgIpc) is 2.82. The van der Waals surface area contributed by atoms with Gasteiger partial charge >= 0.3 is 0 Å². The molecule has 0 aliphatic carbocycles. The van der Waals surface area contributed by atoms with Crippen LogP contribution in [-0.2, 0) is 19.6 Å². The summed E-state index contributed by atoms with van der Waals surface area (Å²) in [4.78, 5) is 25.4. The second kappa shape index (κ2) is 6.09. The average molecular weight is 303 g/mol. The van der Waals surface area contributed by atoms with Gasteiger partial charge in [-0.15, -0.1) is 0 Å². The molecule has 2 aliphatic rings. The number of carbonyl (C=O) groups excluding carboxylic acids is 2. The molecule has 2 unspecified atom stereocenters. The molecule has 2 atom stereocenters. The van der Waals surface area contributed by atoms with E-state index < -0.39 is 10.0 Å². The first-order valence-corrected chi connectivity index (χ1v) is 8.78. The number of amides is 2. The number of sulfonamides is 1. The van der Waals surface area contributed by atoms with Crippen molar-refractivity contribution in [3.8, 4) is 0 Å². The molecule has 2 amide bonds. The van der Waals surface area contributed by atoms with Crippen LogP contribution in [-0.4, -0.2) is 57.1 Å². The van der Waals surface area contributed by atoms with Gasteiger partial charge in [0.15, 0.2) is 0 Å². The van der Waals surface area contributed by atoms with Crippen molar-refractivity contribution in [3.63, 3.8) is 0 Å². The monoisotopic (exact) mass is 303 g/mol. The Bertz CT molecular complexity index is 491. The smallest absolute Gasteiger partial charge is 0.228 e. The molecule has 0 aromatic rings. The molecule has 0 radical (unpaired) electrons. The molecule has 2 saturated heterocycles. The van der Waals surface area contributed by atoms with Crippen LogP contribution in [0.2, 0.25) is 0 Å². The number of rotatable bonds is 4. The first-order chi connectivity index (χ1) is 9.37. The number of piperidine rings is 1. The number of hydrogen-bond acceptors (Lipinski definition) is 4. The SMILES string of the molecule is CS(=O)(=O)NCC1CCCCN1C(=O)C1CNC(=O)C1. The summed E-state index contributed by atoms with van der Waals surface area (Å²) in [6.45, 7) is 1.28. The van der Waals surface area contributed by atoms with Crippen LogP contribution in [0.25, 0.3) is 0 Å². The zero-order chi connectivity index (χ0) is 14.8. The number of nitrogens with one attached hydrogen (secondary N) is 2. The van der Waals surface area contributed by atoms with Gasteiger partial charge in [-0.25, -0.2) is 13.1 Å². The maximum atomic E-state index is 12.4. The summed E-state index contributed by atoms with van der Waals surface area (Å²) in [7, 11) is -3.25. The molecule has 2 N–H and O–H groups in total. The van der Waals surface area contributed by atoms with Gasteiger partial charge < -0.3 is 10.2 Å². The molecular formula is C12H21N3O4S. The van der Waals surface area contributed by atoms with Crippen LogP contribution in [0, 0.1) is 5.92 Å². The molecular weight excluding hydrogens is 282 g/mol. The van der Waals surface area contributed by atoms with Crippen LogP contribution in [0.4, 0.5) is 0 Å². The lowest BCUT2D eigenvalue weighted by atomic mass is 9.98. The van der Waals surface area contributed by atoms with Gasteiger partial charge in [0.05, 0.1) is 12.2 Å². The summed E-state index contributed by atoms with van der Waals surface area (Å²) < 4.78 is 24.8. The van der Waals surface area contributed by atoms with E-state index in [-0.39, 0.29) is 36.7 Å². The lowest BCUT2D eigenvalue weighted by Crippen LogP contribution is -2.51. The Hall–Kier alpha value is -1.15. The first kappa shape index (κ1) is 15.2. The first-order valence-electron chi connectivity index (χ1n) is 6.88. The van der Waals surface area contributed by atoms with Crippen LogP contribution in [0.15, 0.2) is 0 Å². The molecule has 0 spiro atoms. The summed E-state index contributed by atoms with van der Waals surface area (Å²) in [6, 6.07) is -0.110. The summed E-state index contributed by atoms with van der Waals surface area (Å²) in [5, 5.41) is 2.66. The lowest BCUT2D eigenvalue weighted by molar-refractivity contribution is -0.139. The van der Waals surface area contributed by atoms with Crippen LogP contribution in [0.5, 0.6) is 0 Å². The van der Waals surface area contributed by atoms with E-state index in [2.05, 4.69) is 10.0 Å². The highest BCUT2D eigenvalue weighted by Gasteiger charge is 2.35. The normalized spacial score (nSPS) is 27.4. The van der Waals surface area contributed by atoms with E-state index in [0.717, 1.165) is 25.5 Å². The molecule has 0 aromatic heterocycles. The predicted molar refractivity (Wildman–Crippen MR) is 73.3 cm³/mol. The van der Waals surface area contributed by atoms with Crippen LogP contribution in [0.3, 0.4) is 0 Å². The van der Waals surface area contributed by atoms with Gasteiger partial charge in [0.25, 0.3) is 0 Å². The van der Waals surface area contributed by atoms with Gasteiger partial charge in [-0.3, -0.25) is 9.59 Å². The highest BCUT2D eigenvalue weighted by atomic mass is 32.2. The fourth-order valence-electron chi connectivity index (χ4n) is 2.76. The standard InChI is InChI=1S/C12H21N3O4S/c1-20(18,19)14-8-10-4-2-3-5-15(10)12(17)9-6-11(16)13-7-9/h9-10,14H,2-8H2,1H3,(H,13,16). The zero-order valence-electron chi connectivity index (χ0n) is 11.6. The molecule has 8 heteroatoms. The second-order valence-corrected chi connectivity index (χ2v) is 7.34. The molecule has 0 bridgehead atoms. The third kappa shape index (κ3) is 3.92. The molecule has 2 fully saturated rings.